The zero-order chi connectivity index (χ0) is 10.6. The van der Waals surface area contributed by atoms with Crippen molar-refractivity contribution in [2.45, 2.75) is 20.8 Å². The number of rotatable bonds is 2. The maximum atomic E-state index is 10.8. The first kappa shape index (κ1) is 10.5. The standard InChI is InChI=1S/C12H15NO/c1-9-6-4-5-7-12(9)8-10(2)13-11(3)14/h4-8H,1-3H3,(H,13,14)/b10-8+. The van der Waals surface area contributed by atoms with Gasteiger partial charge in [-0.3, -0.25) is 4.79 Å². The van der Waals surface area contributed by atoms with E-state index < -0.39 is 0 Å². The molecule has 1 aromatic rings. The smallest absolute Gasteiger partial charge is 0.220 e. The molecule has 0 unspecified atom stereocenters. The van der Waals surface area contributed by atoms with Crippen LogP contribution >= 0.6 is 0 Å². The van der Waals surface area contributed by atoms with Crippen LogP contribution in [0.4, 0.5) is 0 Å². The van der Waals surface area contributed by atoms with Crippen LogP contribution in [0.15, 0.2) is 30.0 Å². The lowest BCUT2D eigenvalue weighted by molar-refractivity contribution is -0.118. The maximum Gasteiger partial charge on any atom is 0.220 e. The number of hydrogen-bond acceptors (Lipinski definition) is 1. The van der Waals surface area contributed by atoms with Gasteiger partial charge in [-0.25, -0.2) is 0 Å². The van der Waals surface area contributed by atoms with Crippen molar-refractivity contribution in [2.75, 3.05) is 0 Å². The van der Waals surface area contributed by atoms with Crippen molar-refractivity contribution in [1.29, 1.82) is 0 Å². The second-order valence-electron chi connectivity index (χ2n) is 3.37. The molecule has 0 saturated carbocycles. The second-order valence-corrected chi connectivity index (χ2v) is 3.37. The minimum absolute atomic E-state index is 0.0349. The van der Waals surface area contributed by atoms with Crippen LogP contribution in [0.1, 0.15) is 25.0 Å². The number of carbonyl (C=O) groups is 1. The molecular weight excluding hydrogens is 174 g/mol. The van der Waals surface area contributed by atoms with Crippen LogP contribution in [0.2, 0.25) is 0 Å². The number of hydrogen-bond donors (Lipinski definition) is 1. The Labute approximate surface area is 84.6 Å². The summed E-state index contributed by atoms with van der Waals surface area (Å²) in [6.07, 6.45) is 1.97. The summed E-state index contributed by atoms with van der Waals surface area (Å²) in [4.78, 5) is 10.8. The normalized spacial score (nSPS) is 11.2. The average Bonchev–Trinajstić information content (AvgIpc) is 2.07. The third-order valence-corrected chi connectivity index (χ3v) is 1.93. The third kappa shape index (κ3) is 3.05. The molecule has 0 heterocycles. The molecule has 0 aliphatic rings. The summed E-state index contributed by atoms with van der Waals surface area (Å²) in [5.74, 6) is -0.0349. The van der Waals surface area contributed by atoms with Crippen molar-refractivity contribution in [3.8, 4) is 0 Å². The summed E-state index contributed by atoms with van der Waals surface area (Å²) in [6.45, 7) is 5.44. The number of amides is 1. The fraction of sp³-hybridized carbons (Fsp3) is 0.250. The topological polar surface area (TPSA) is 29.1 Å². The van der Waals surface area contributed by atoms with Gasteiger partial charge in [-0.1, -0.05) is 24.3 Å². The minimum atomic E-state index is -0.0349. The molecule has 0 aromatic heterocycles. The average molecular weight is 189 g/mol. The third-order valence-electron chi connectivity index (χ3n) is 1.93. The van der Waals surface area contributed by atoms with Gasteiger partial charge in [-0.15, -0.1) is 0 Å². The van der Waals surface area contributed by atoms with Crippen LogP contribution in [0.25, 0.3) is 6.08 Å². The Bertz CT molecular complexity index is 366. The first-order valence-electron chi connectivity index (χ1n) is 4.61. The van der Waals surface area contributed by atoms with E-state index in [-0.39, 0.29) is 5.91 Å². The molecule has 2 nitrogen and oxygen atoms in total. The Hall–Kier alpha value is -1.57. The summed E-state index contributed by atoms with van der Waals surface area (Å²) in [7, 11) is 0. The van der Waals surface area contributed by atoms with E-state index in [1.807, 2.05) is 44.2 Å². The van der Waals surface area contributed by atoms with E-state index in [0.717, 1.165) is 11.3 Å². The monoisotopic (exact) mass is 189 g/mol. The number of carbonyl (C=O) groups excluding carboxylic acids is 1. The van der Waals surface area contributed by atoms with Crippen LogP contribution in [0, 0.1) is 6.92 Å². The lowest BCUT2D eigenvalue weighted by atomic mass is 10.1. The zero-order valence-corrected chi connectivity index (χ0v) is 8.79. The van der Waals surface area contributed by atoms with Gasteiger partial charge < -0.3 is 5.32 Å². The van der Waals surface area contributed by atoms with Gasteiger partial charge in [0.25, 0.3) is 0 Å². The number of allylic oxidation sites excluding steroid dienone is 1. The van der Waals surface area contributed by atoms with Gasteiger partial charge >= 0.3 is 0 Å². The van der Waals surface area contributed by atoms with Crippen LogP contribution in [0.3, 0.4) is 0 Å². The van der Waals surface area contributed by atoms with E-state index in [4.69, 9.17) is 0 Å². The van der Waals surface area contributed by atoms with Crippen LogP contribution in [-0.4, -0.2) is 5.91 Å². The Morgan fingerprint density at radius 2 is 1.93 bits per heavy atom. The molecule has 2 heteroatoms. The lowest BCUT2D eigenvalue weighted by Crippen LogP contribution is -2.16. The number of aryl methyl sites for hydroxylation is 1. The second kappa shape index (κ2) is 4.61. The molecular formula is C12H15NO. The molecule has 0 atom stereocenters. The van der Waals surface area contributed by atoms with Gasteiger partial charge in [-0.2, -0.15) is 0 Å². The molecule has 1 amide bonds. The Morgan fingerprint density at radius 3 is 2.50 bits per heavy atom. The largest absolute Gasteiger partial charge is 0.330 e. The predicted octanol–water partition coefficient (Wildman–Crippen LogP) is 2.49. The molecule has 0 radical (unpaired) electrons. The van der Waals surface area contributed by atoms with Gasteiger partial charge in [0.05, 0.1) is 0 Å². The molecule has 0 saturated heterocycles. The molecule has 14 heavy (non-hydrogen) atoms. The van der Waals surface area contributed by atoms with Crippen molar-refractivity contribution in [3.05, 3.63) is 41.1 Å². The fourth-order valence-corrected chi connectivity index (χ4v) is 1.30. The number of nitrogens with one attached hydrogen (secondary N) is 1. The Morgan fingerprint density at radius 1 is 1.29 bits per heavy atom. The highest BCUT2D eigenvalue weighted by atomic mass is 16.1. The molecule has 1 aromatic carbocycles. The molecule has 0 aliphatic carbocycles. The van der Waals surface area contributed by atoms with Gasteiger partial charge in [0.1, 0.15) is 0 Å². The lowest BCUT2D eigenvalue weighted by Gasteiger charge is -2.03. The van der Waals surface area contributed by atoms with Crippen molar-refractivity contribution in [2.24, 2.45) is 0 Å². The van der Waals surface area contributed by atoms with Crippen molar-refractivity contribution < 1.29 is 4.79 Å². The quantitative estimate of drug-likeness (QED) is 0.760. The van der Waals surface area contributed by atoms with E-state index in [0.29, 0.717) is 0 Å². The van der Waals surface area contributed by atoms with Crippen molar-refractivity contribution >= 4 is 12.0 Å². The highest BCUT2D eigenvalue weighted by Gasteiger charge is 1.95. The van der Waals surface area contributed by atoms with Gasteiger partial charge in [0.2, 0.25) is 5.91 Å². The van der Waals surface area contributed by atoms with E-state index in [1.54, 1.807) is 0 Å². The zero-order valence-electron chi connectivity index (χ0n) is 8.79. The Kier molecular flexibility index (Phi) is 3.46. The van der Waals surface area contributed by atoms with Crippen molar-refractivity contribution in [3.63, 3.8) is 0 Å². The molecule has 0 bridgehead atoms. The van der Waals surface area contributed by atoms with Crippen molar-refractivity contribution in [1.82, 2.24) is 5.32 Å². The highest BCUT2D eigenvalue weighted by molar-refractivity contribution is 5.76. The molecule has 0 spiro atoms. The van der Waals surface area contributed by atoms with Crippen LogP contribution in [0.5, 0.6) is 0 Å². The van der Waals surface area contributed by atoms with Gasteiger partial charge in [-0.05, 0) is 31.1 Å². The molecule has 74 valence electrons. The minimum Gasteiger partial charge on any atom is -0.330 e. The summed E-state index contributed by atoms with van der Waals surface area (Å²) in [5.41, 5.74) is 3.21. The predicted molar refractivity (Wildman–Crippen MR) is 58.6 cm³/mol. The summed E-state index contributed by atoms with van der Waals surface area (Å²) in [6, 6.07) is 8.06. The van der Waals surface area contributed by atoms with E-state index in [9.17, 15) is 4.79 Å². The first-order chi connectivity index (χ1) is 6.59. The molecule has 1 N–H and O–H groups in total. The molecule has 0 fully saturated rings. The summed E-state index contributed by atoms with van der Waals surface area (Å²) < 4.78 is 0. The van der Waals surface area contributed by atoms with Gasteiger partial charge in [0.15, 0.2) is 0 Å². The van der Waals surface area contributed by atoms with E-state index in [2.05, 4.69) is 5.32 Å². The molecule has 1 rings (SSSR count). The van der Waals surface area contributed by atoms with E-state index >= 15 is 0 Å². The highest BCUT2D eigenvalue weighted by Crippen LogP contribution is 2.10. The van der Waals surface area contributed by atoms with E-state index in [1.165, 1.54) is 12.5 Å². The van der Waals surface area contributed by atoms with Gasteiger partial charge in [0, 0.05) is 12.6 Å². The molecule has 0 aliphatic heterocycles. The Balaban J connectivity index is 2.86. The van der Waals surface area contributed by atoms with Crippen LogP contribution < -0.4 is 5.32 Å². The SMILES string of the molecule is CC(=O)N/C(C)=C/c1ccccc1C. The van der Waals surface area contributed by atoms with Crippen LogP contribution in [-0.2, 0) is 4.79 Å². The summed E-state index contributed by atoms with van der Waals surface area (Å²) in [5, 5.41) is 2.74. The first-order valence-corrected chi connectivity index (χ1v) is 4.61. The fourth-order valence-electron chi connectivity index (χ4n) is 1.30. The summed E-state index contributed by atoms with van der Waals surface area (Å²) >= 11 is 0. The maximum absolute atomic E-state index is 10.8. The number of benzene rings is 1.